The SMILES string of the molecule is CC(=O)O[C@@H](C(=O)Nc1ccc(-c2noc(=O)[nH]2)cc1)[C@H]1OCCN(c2ccc(F)nc2)C1=O. The molecule has 2 amide bonds. The molecule has 1 fully saturated rings. The van der Waals surface area contributed by atoms with Gasteiger partial charge >= 0.3 is 11.7 Å². The molecule has 0 unspecified atom stereocenters. The van der Waals surface area contributed by atoms with Crippen LogP contribution in [0.2, 0.25) is 0 Å². The molecule has 0 aliphatic carbocycles. The highest BCUT2D eigenvalue weighted by Crippen LogP contribution is 2.22. The zero-order valence-electron chi connectivity index (χ0n) is 17.7. The van der Waals surface area contributed by atoms with Crippen LogP contribution in [0.15, 0.2) is 51.9 Å². The monoisotopic (exact) mass is 471 g/mol. The molecule has 1 aliphatic heterocycles. The molecule has 0 saturated carbocycles. The minimum atomic E-state index is -1.59. The molecule has 2 aromatic heterocycles. The largest absolute Gasteiger partial charge is 0.449 e. The second kappa shape index (κ2) is 9.62. The van der Waals surface area contributed by atoms with Gasteiger partial charge in [-0.25, -0.2) is 9.78 Å². The number of nitrogens with one attached hydrogen (secondary N) is 2. The Morgan fingerprint density at radius 2 is 2.00 bits per heavy atom. The Morgan fingerprint density at radius 3 is 2.62 bits per heavy atom. The number of nitrogens with zero attached hydrogens (tertiary/aromatic N) is 3. The number of hydrogen-bond donors (Lipinski definition) is 2. The molecule has 4 rings (SSSR count). The summed E-state index contributed by atoms with van der Waals surface area (Å²) in [4.78, 5) is 56.0. The fraction of sp³-hybridized carbons (Fsp3) is 0.238. The van der Waals surface area contributed by atoms with Crippen LogP contribution in [-0.2, 0) is 23.9 Å². The van der Waals surface area contributed by atoms with Crippen molar-refractivity contribution < 1.29 is 32.8 Å². The third-order valence-electron chi connectivity index (χ3n) is 4.84. The van der Waals surface area contributed by atoms with Crippen molar-refractivity contribution in [2.75, 3.05) is 23.4 Å². The Morgan fingerprint density at radius 1 is 1.24 bits per heavy atom. The minimum Gasteiger partial charge on any atom is -0.449 e. The van der Waals surface area contributed by atoms with Crippen LogP contribution < -0.4 is 16.0 Å². The summed E-state index contributed by atoms with van der Waals surface area (Å²) >= 11 is 0. The third-order valence-corrected chi connectivity index (χ3v) is 4.84. The molecule has 13 heteroatoms. The van der Waals surface area contributed by atoms with Gasteiger partial charge in [0.15, 0.2) is 11.9 Å². The predicted octanol–water partition coefficient (Wildman–Crippen LogP) is 0.866. The summed E-state index contributed by atoms with van der Waals surface area (Å²) in [5, 5.41) is 6.14. The molecular formula is C21H18FN5O7. The predicted molar refractivity (Wildman–Crippen MR) is 113 cm³/mol. The summed E-state index contributed by atoms with van der Waals surface area (Å²) in [5.74, 6) is -3.44. The van der Waals surface area contributed by atoms with E-state index in [1.807, 2.05) is 0 Å². The van der Waals surface area contributed by atoms with Gasteiger partial charge in [0.25, 0.3) is 11.8 Å². The van der Waals surface area contributed by atoms with Crippen LogP contribution in [0.1, 0.15) is 6.92 Å². The molecule has 34 heavy (non-hydrogen) atoms. The zero-order chi connectivity index (χ0) is 24.2. The average molecular weight is 471 g/mol. The molecule has 3 heterocycles. The first kappa shape index (κ1) is 22.8. The van der Waals surface area contributed by atoms with E-state index >= 15 is 0 Å². The highest BCUT2D eigenvalue weighted by atomic mass is 19.1. The lowest BCUT2D eigenvalue weighted by molar-refractivity contribution is -0.167. The number of aromatic nitrogens is 3. The number of ether oxygens (including phenoxy) is 2. The number of rotatable bonds is 6. The van der Waals surface area contributed by atoms with E-state index in [0.717, 1.165) is 13.0 Å². The molecule has 12 nitrogen and oxygen atoms in total. The molecule has 1 aliphatic rings. The number of carbonyl (C=O) groups is 3. The highest BCUT2D eigenvalue weighted by Gasteiger charge is 2.42. The van der Waals surface area contributed by atoms with E-state index in [4.69, 9.17) is 9.47 Å². The molecule has 2 atom stereocenters. The Balaban J connectivity index is 1.52. The first-order valence-corrected chi connectivity index (χ1v) is 10.0. The second-order valence-electron chi connectivity index (χ2n) is 7.16. The van der Waals surface area contributed by atoms with Gasteiger partial charge in [0, 0.05) is 24.7 Å². The average Bonchev–Trinajstić information content (AvgIpc) is 3.25. The van der Waals surface area contributed by atoms with Crippen molar-refractivity contribution in [1.82, 2.24) is 15.1 Å². The number of morpholine rings is 1. The summed E-state index contributed by atoms with van der Waals surface area (Å²) in [7, 11) is 0. The number of aromatic amines is 1. The first-order valence-electron chi connectivity index (χ1n) is 10.0. The van der Waals surface area contributed by atoms with Crippen LogP contribution in [-0.4, -0.2) is 58.3 Å². The van der Waals surface area contributed by atoms with Crippen LogP contribution >= 0.6 is 0 Å². The zero-order valence-corrected chi connectivity index (χ0v) is 17.7. The topological polar surface area (TPSA) is 157 Å². The maximum Gasteiger partial charge on any atom is 0.439 e. The first-order chi connectivity index (χ1) is 16.3. The van der Waals surface area contributed by atoms with Crippen LogP contribution in [0.5, 0.6) is 0 Å². The van der Waals surface area contributed by atoms with Crippen molar-refractivity contribution in [3.05, 3.63) is 59.1 Å². The molecule has 2 N–H and O–H groups in total. The number of amides is 2. The molecule has 176 valence electrons. The Hall–Kier alpha value is -4.39. The number of halogens is 1. The van der Waals surface area contributed by atoms with Crippen molar-refractivity contribution in [2.45, 2.75) is 19.1 Å². The van der Waals surface area contributed by atoms with Gasteiger partial charge in [0.2, 0.25) is 12.1 Å². The lowest BCUT2D eigenvalue weighted by Crippen LogP contribution is -2.56. The maximum atomic E-state index is 13.2. The van der Waals surface area contributed by atoms with E-state index in [9.17, 15) is 23.6 Å². The van der Waals surface area contributed by atoms with Crippen molar-refractivity contribution in [1.29, 1.82) is 0 Å². The summed E-state index contributed by atoms with van der Waals surface area (Å²) in [6.45, 7) is 1.29. The Labute approximate surface area is 190 Å². The van der Waals surface area contributed by atoms with Crippen molar-refractivity contribution in [2.24, 2.45) is 0 Å². The van der Waals surface area contributed by atoms with E-state index < -0.39 is 41.7 Å². The number of benzene rings is 1. The van der Waals surface area contributed by atoms with Gasteiger partial charge < -0.3 is 19.7 Å². The summed E-state index contributed by atoms with van der Waals surface area (Å²) in [6, 6.07) is 8.64. The van der Waals surface area contributed by atoms with Gasteiger partial charge in [0.1, 0.15) is 0 Å². The van der Waals surface area contributed by atoms with E-state index in [1.54, 1.807) is 12.1 Å². The molecule has 1 aromatic carbocycles. The smallest absolute Gasteiger partial charge is 0.439 e. The van der Waals surface area contributed by atoms with Gasteiger partial charge in [0.05, 0.1) is 18.5 Å². The normalized spacial score (nSPS) is 16.7. The van der Waals surface area contributed by atoms with Gasteiger partial charge in [-0.3, -0.25) is 23.9 Å². The number of H-pyrrole nitrogens is 1. The summed E-state index contributed by atoms with van der Waals surface area (Å²) in [5.41, 5.74) is 1.15. The van der Waals surface area contributed by atoms with Gasteiger partial charge in [-0.05, 0) is 36.4 Å². The van der Waals surface area contributed by atoms with Crippen molar-refractivity contribution >= 4 is 29.2 Å². The Kier molecular flexibility index (Phi) is 6.45. The minimum absolute atomic E-state index is 0.0451. The fourth-order valence-corrected chi connectivity index (χ4v) is 3.32. The lowest BCUT2D eigenvalue weighted by Gasteiger charge is -2.35. The number of carbonyl (C=O) groups excluding carboxylic acids is 3. The fourth-order valence-electron chi connectivity index (χ4n) is 3.32. The van der Waals surface area contributed by atoms with Gasteiger partial charge in [-0.2, -0.15) is 4.39 Å². The summed E-state index contributed by atoms with van der Waals surface area (Å²) in [6.07, 6.45) is -1.84. The van der Waals surface area contributed by atoms with Crippen LogP contribution in [0.3, 0.4) is 0 Å². The summed E-state index contributed by atoms with van der Waals surface area (Å²) < 4.78 is 28.2. The number of anilines is 2. The standard InChI is InChI=1S/C21H18FN5O7/c1-11(28)33-16(17-20(30)27(8-9-32-17)14-6-7-15(22)23-10-14)19(29)24-13-4-2-12(3-5-13)18-25-21(31)34-26-18/h2-7,10,16-17H,8-9H2,1H3,(H,24,29)(H,25,26,31)/t16-,17-/m1/s1. The molecule has 3 aromatic rings. The van der Waals surface area contributed by atoms with Gasteiger partial charge in [-0.1, -0.05) is 5.16 Å². The number of esters is 1. The highest BCUT2D eigenvalue weighted by molar-refractivity contribution is 6.04. The Bertz CT molecular complexity index is 1260. The van der Waals surface area contributed by atoms with Crippen LogP contribution in [0.25, 0.3) is 11.4 Å². The van der Waals surface area contributed by atoms with Crippen LogP contribution in [0, 0.1) is 5.95 Å². The van der Waals surface area contributed by atoms with E-state index in [1.165, 1.54) is 29.3 Å². The molecule has 0 bridgehead atoms. The second-order valence-corrected chi connectivity index (χ2v) is 7.16. The van der Waals surface area contributed by atoms with E-state index in [2.05, 4.69) is 25.0 Å². The molecular weight excluding hydrogens is 453 g/mol. The third kappa shape index (κ3) is 4.99. The molecule has 1 saturated heterocycles. The maximum absolute atomic E-state index is 13.2. The quantitative estimate of drug-likeness (QED) is 0.393. The van der Waals surface area contributed by atoms with Crippen molar-refractivity contribution in [3.63, 3.8) is 0 Å². The van der Waals surface area contributed by atoms with E-state index in [-0.39, 0.29) is 19.0 Å². The number of pyridine rings is 1. The van der Waals surface area contributed by atoms with Crippen LogP contribution in [0.4, 0.5) is 15.8 Å². The molecule has 0 radical (unpaired) electrons. The van der Waals surface area contributed by atoms with E-state index in [0.29, 0.717) is 16.9 Å². The van der Waals surface area contributed by atoms with Crippen molar-refractivity contribution in [3.8, 4) is 11.4 Å². The number of hydrogen-bond acceptors (Lipinski definition) is 9. The van der Waals surface area contributed by atoms with Gasteiger partial charge in [-0.15, -0.1) is 0 Å². The lowest BCUT2D eigenvalue weighted by atomic mass is 10.1. The molecule has 0 spiro atoms.